The van der Waals surface area contributed by atoms with E-state index in [1.807, 2.05) is 0 Å². The molecule has 3 unspecified atom stereocenters. The number of aliphatic hydroxyl groups excluding tert-OH is 1. The minimum absolute atomic E-state index is 0.150. The first-order chi connectivity index (χ1) is 6.40. The van der Waals surface area contributed by atoms with Gasteiger partial charge in [-0.15, -0.1) is 0 Å². The van der Waals surface area contributed by atoms with Crippen molar-refractivity contribution >= 4 is 19.7 Å². The van der Waals surface area contributed by atoms with E-state index in [0.717, 1.165) is 0 Å². The second-order valence-corrected chi connectivity index (χ2v) is 4.54. The van der Waals surface area contributed by atoms with Crippen LogP contribution in [0.15, 0.2) is 0 Å². The van der Waals surface area contributed by atoms with E-state index in [9.17, 15) is 14.2 Å². The molecule has 0 aromatic rings. The lowest BCUT2D eigenvalue weighted by atomic mass is 10.3. The maximum absolute atomic E-state index is 11.3. The summed E-state index contributed by atoms with van der Waals surface area (Å²) in [7, 11) is -2.24. The van der Waals surface area contributed by atoms with E-state index < -0.39 is 37.7 Å². The molecule has 3 N–H and O–H groups in total. The molecule has 14 heavy (non-hydrogen) atoms. The number of aliphatic carboxylic acids is 2. The van der Waals surface area contributed by atoms with Gasteiger partial charge in [-0.2, -0.15) is 0 Å². The molecule has 0 amide bonds. The van der Waals surface area contributed by atoms with Gasteiger partial charge in [-0.1, -0.05) is 11.5 Å². The second-order valence-electron chi connectivity index (χ2n) is 2.72. The Morgan fingerprint density at radius 1 is 1.29 bits per heavy atom. The van der Waals surface area contributed by atoms with Crippen LogP contribution in [0.1, 0.15) is 13.3 Å². The van der Waals surface area contributed by atoms with Crippen LogP contribution in [0.4, 0.5) is 0 Å². The van der Waals surface area contributed by atoms with Crippen molar-refractivity contribution in [3.8, 4) is 0 Å². The Bertz CT molecular complexity index is 251. The Balaban J connectivity index is 4.32. The predicted molar refractivity (Wildman–Crippen MR) is 47.8 cm³/mol. The fourth-order valence-corrected chi connectivity index (χ4v) is 2.28. The average molecular weight is 223 g/mol. The van der Waals surface area contributed by atoms with Crippen LogP contribution < -0.4 is 0 Å². The lowest BCUT2D eigenvalue weighted by molar-refractivity contribution is -0.145. The van der Waals surface area contributed by atoms with Gasteiger partial charge in [-0.25, -0.2) is 9.59 Å². The molecule has 0 aromatic heterocycles. The van der Waals surface area contributed by atoms with E-state index in [1.54, 1.807) is 6.92 Å². The fraction of sp³-hybridized carbons (Fsp3) is 0.714. The number of hydrogen-bond acceptors (Lipinski definition) is 4. The van der Waals surface area contributed by atoms with Crippen molar-refractivity contribution in [2.45, 2.75) is 25.1 Å². The third kappa shape index (κ3) is 3.81. The van der Waals surface area contributed by atoms with Gasteiger partial charge in [0.2, 0.25) is 0 Å². The Labute approximate surface area is 81.3 Å². The lowest BCUT2D eigenvalue weighted by Crippen LogP contribution is -2.25. The van der Waals surface area contributed by atoms with Gasteiger partial charge in [-0.05, 0) is 0 Å². The van der Waals surface area contributed by atoms with Crippen molar-refractivity contribution in [3.05, 3.63) is 0 Å². The second kappa shape index (κ2) is 5.67. The Morgan fingerprint density at radius 3 is 2.07 bits per heavy atom. The molecule has 0 radical (unpaired) electrons. The normalized spacial score (nSPS) is 15.7. The van der Waals surface area contributed by atoms with Crippen molar-refractivity contribution in [1.82, 2.24) is 0 Å². The number of carboxylic acids is 2. The first-order valence-corrected chi connectivity index (χ1v) is 5.49. The highest BCUT2D eigenvalue weighted by atomic mass is 31.1. The summed E-state index contributed by atoms with van der Waals surface area (Å²) >= 11 is 0. The molecule has 0 saturated carbocycles. The van der Waals surface area contributed by atoms with Gasteiger partial charge in [0.15, 0.2) is 12.3 Å². The summed E-state index contributed by atoms with van der Waals surface area (Å²) in [5, 5.41) is 25.7. The number of carboxylic acid groups (broad SMARTS) is 2. The quantitative estimate of drug-likeness (QED) is 0.551. The zero-order valence-corrected chi connectivity index (χ0v) is 8.48. The van der Waals surface area contributed by atoms with Gasteiger partial charge in [-0.3, -0.25) is 0 Å². The summed E-state index contributed by atoms with van der Waals surface area (Å²) < 4.78 is 11.3. The molecule has 0 aliphatic heterocycles. The van der Waals surface area contributed by atoms with Crippen molar-refractivity contribution in [1.29, 1.82) is 0 Å². The largest absolute Gasteiger partial charge is 0.479 e. The zero-order valence-electron chi connectivity index (χ0n) is 7.58. The monoisotopic (exact) mass is 223 g/mol. The van der Waals surface area contributed by atoms with Crippen LogP contribution in [0.5, 0.6) is 0 Å². The van der Waals surface area contributed by atoms with Crippen LogP contribution >= 0.6 is 7.80 Å². The summed E-state index contributed by atoms with van der Waals surface area (Å²) in [6, 6.07) is 0. The van der Waals surface area contributed by atoms with Crippen LogP contribution in [-0.2, 0) is 14.2 Å². The van der Waals surface area contributed by atoms with Crippen LogP contribution in [0.2, 0.25) is 0 Å². The molecule has 7 heteroatoms. The number of rotatable bonds is 6. The van der Waals surface area contributed by atoms with Crippen molar-refractivity contribution < 1.29 is 29.5 Å². The topological polar surface area (TPSA) is 112 Å². The molecule has 80 valence electrons. The zero-order chi connectivity index (χ0) is 11.3. The third-order valence-corrected chi connectivity index (χ3v) is 3.64. The fourth-order valence-electron chi connectivity index (χ4n) is 0.877. The number of aliphatic hydroxyl groups is 1. The average Bonchev–Trinajstić information content (AvgIpc) is 2.04. The van der Waals surface area contributed by atoms with Crippen LogP contribution in [0.3, 0.4) is 0 Å². The SMILES string of the molecule is CCC(C(=O)O)[P+](=O)CC(O)C(=O)O. The van der Waals surface area contributed by atoms with Gasteiger partial charge in [0.25, 0.3) is 5.66 Å². The maximum atomic E-state index is 11.3. The smallest absolute Gasteiger partial charge is 0.357 e. The van der Waals surface area contributed by atoms with Crippen molar-refractivity contribution in [2.75, 3.05) is 6.16 Å². The molecule has 0 rings (SSSR count). The van der Waals surface area contributed by atoms with Crippen LogP contribution in [-0.4, -0.2) is 45.2 Å². The third-order valence-electron chi connectivity index (χ3n) is 1.66. The van der Waals surface area contributed by atoms with E-state index >= 15 is 0 Å². The lowest BCUT2D eigenvalue weighted by Gasteiger charge is -2.00. The van der Waals surface area contributed by atoms with Gasteiger partial charge >= 0.3 is 19.7 Å². The minimum atomic E-state index is -2.24. The highest BCUT2D eigenvalue weighted by molar-refractivity contribution is 7.46. The molecule has 0 fully saturated rings. The molecule has 0 saturated heterocycles. The Morgan fingerprint density at radius 2 is 1.79 bits per heavy atom. The van der Waals surface area contributed by atoms with E-state index in [1.165, 1.54) is 0 Å². The molecule has 0 heterocycles. The molecule has 0 aliphatic carbocycles. The molecule has 3 atom stereocenters. The van der Waals surface area contributed by atoms with Gasteiger partial charge in [0.1, 0.15) is 0 Å². The molecule has 0 spiro atoms. The highest BCUT2D eigenvalue weighted by Gasteiger charge is 2.38. The van der Waals surface area contributed by atoms with Crippen molar-refractivity contribution in [3.63, 3.8) is 0 Å². The molecular formula is C7H12O6P+. The summed E-state index contributed by atoms with van der Waals surface area (Å²) in [5.41, 5.74) is -1.08. The van der Waals surface area contributed by atoms with Crippen LogP contribution in [0.25, 0.3) is 0 Å². The van der Waals surface area contributed by atoms with E-state index in [-0.39, 0.29) is 6.42 Å². The van der Waals surface area contributed by atoms with Gasteiger partial charge < -0.3 is 15.3 Å². The minimum Gasteiger partial charge on any atom is -0.479 e. The Kier molecular flexibility index (Phi) is 5.27. The predicted octanol–water partition coefficient (Wildman–Crippen LogP) is 0.122. The standard InChI is InChI=1S/C7H11O6P/c1-2-5(7(11)12)14(13)3-4(8)6(9)10/h4-5,8H,2-3H2,1H3,(H-,9,10,11,12)/p+1. The van der Waals surface area contributed by atoms with Gasteiger partial charge in [0, 0.05) is 6.42 Å². The summed E-state index contributed by atoms with van der Waals surface area (Å²) in [6.07, 6.45) is -2.13. The molecule has 6 nitrogen and oxygen atoms in total. The number of carbonyl (C=O) groups is 2. The maximum Gasteiger partial charge on any atom is 0.357 e. The first-order valence-electron chi connectivity index (χ1n) is 3.97. The summed E-state index contributed by atoms with van der Waals surface area (Å²) in [5.74, 6) is -2.72. The molecule has 0 aromatic carbocycles. The Hall–Kier alpha value is -1.00. The molecule has 0 bridgehead atoms. The van der Waals surface area contributed by atoms with Gasteiger partial charge in [0.05, 0.1) is 0 Å². The van der Waals surface area contributed by atoms with Crippen LogP contribution in [0, 0.1) is 0 Å². The van der Waals surface area contributed by atoms with Crippen molar-refractivity contribution in [2.24, 2.45) is 0 Å². The van der Waals surface area contributed by atoms with E-state index in [0.29, 0.717) is 0 Å². The highest BCUT2D eigenvalue weighted by Crippen LogP contribution is 2.31. The molecule has 0 aliphatic rings. The van der Waals surface area contributed by atoms with E-state index in [2.05, 4.69) is 0 Å². The summed E-state index contributed by atoms with van der Waals surface area (Å²) in [4.78, 5) is 20.7. The molecular weight excluding hydrogens is 211 g/mol. The number of hydrogen-bond donors (Lipinski definition) is 3. The first kappa shape index (κ1) is 13.0. The summed E-state index contributed by atoms with van der Waals surface area (Å²) in [6.45, 7) is 1.54. The van der Waals surface area contributed by atoms with E-state index in [4.69, 9.17) is 15.3 Å².